The van der Waals surface area contributed by atoms with Crippen molar-refractivity contribution in [3.8, 4) is 17.6 Å². The first-order valence-corrected chi connectivity index (χ1v) is 11.3. The van der Waals surface area contributed by atoms with Crippen LogP contribution in [0.2, 0.25) is 0 Å². The SMILES string of the molecule is Cc1ccc(C(=O)Nc2ccc(CN3CCCC3)c(O)c2)cc1C#Cc1cnc2cnccn12. The van der Waals surface area contributed by atoms with Crippen LogP contribution in [-0.4, -0.2) is 43.4 Å². The normalized spacial score (nSPS) is 13.6. The quantitative estimate of drug-likeness (QED) is 0.459. The maximum absolute atomic E-state index is 12.9. The van der Waals surface area contributed by atoms with E-state index in [0.29, 0.717) is 11.3 Å². The lowest BCUT2D eigenvalue weighted by atomic mass is 10.0. The highest BCUT2D eigenvalue weighted by Gasteiger charge is 2.15. The number of fused-ring (bicyclic) bond motifs is 1. The van der Waals surface area contributed by atoms with Crippen LogP contribution >= 0.6 is 0 Å². The van der Waals surface area contributed by atoms with Crippen molar-refractivity contribution in [2.75, 3.05) is 18.4 Å². The van der Waals surface area contributed by atoms with Crippen molar-refractivity contribution in [1.29, 1.82) is 0 Å². The number of likely N-dealkylation sites (tertiary alicyclic amines) is 1. The smallest absolute Gasteiger partial charge is 0.255 e. The fourth-order valence-electron chi connectivity index (χ4n) is 4.12. The van der Waals surface area contributed by atoms with E-state index >= 15 is 0 Å². The van der Waals surface area contributed by atoms with Crippen LogP contribution in [0.3, 0.4) is 0 Å². The van der Waals surface area contributed by atoms with Gasteiger partial charge in [0, 0.05) is 47.4 Å². The molecular weight excluding hydrogens is 426 g/mol. The minimum atomic E-state index is -0.254. The summed E-state index contributed by atoms with van der Waals surface area (Å²) >= 11 is 0. The summed E-state index contributed by atoms with van der Waals surface area (Å²) in [5, 5.41) is 13.3. The molecule has 0 aliphatic carbocycles. The van der Waals surface area contributed by atoms with E-state index in [-0.39, 0.29) is 11.7 Å². The number of hydrogen-bond acceptors (Lipinski definition) is 5. The van der Waals surface area contributed by atoms with Gasteiger partial charge in [-0.25, -0.2) is 4.98 Å². The molecule has 170 valence electrons. The summed E-state index contributed by atoms with van der Waals surface area (Å²) in [6.07, 6.45) is 9.29. The summed E-state index contributed by atoms with van der Waals surface area (Å²) in [4.78, 5) is 23.6. The molecule has 0 bridgehead atoms. The Bertz CT molecular complexity index is 1420. The van der Waals surface area contributed by atoms with E-state index in [0.717, 1.165) is 47.7 Å². The Balaban J connectivity index is 1.32. The molecule has 5 rings (SSSR count). The lowest BCUT2D eigenvalue weighted by Crippen LogP contribution is -2.18. The standard InChI is InChI=1S/C27H25N5O2/c1-19-4-5-21(14-20(19)7-9-24-16-29-26-17-28-10-13-32(24)26)27(34)30-23-8-6-22(25(33)15-23)18-31-11-2-3-12-31/h4-6,8,10,13-17,33H,2-3,11-12,18H2,1H3,(H,30,34). The molecule has 0 atom stereocenters. The molecular formula is C27H25N5O2. The lowest BCUT2D eigenvalue weighted by Gasteiger charge is -2.16. The average molecular weight is 452 g/mol. The number of rotatable bonds is 4. The van der Waals surface area contributed by atoms with Gasteiger partial charge in [0.15, 0.2) is 5.65 Å². The number of phenols is 1. The number of hydrogen-bond donors (Lipinski definition) is 2. The average Bonchev–Trinajstić information content (AvgIpc) is 3.50. The lowest BCUT2D eigenvalue weighted by molar-refractivity contribution is 0.102. The van der Waals surface area contributed by atoms with Crippen LogP contribution in [0.25, 0.3) is 5.65 Å². The first-order valence-electron chi connectivity index (χ1n) is 11.3. The molecule has 2 aromatic heterocycles. The number of anilines is 1. The number of benzene rings is 2. The molecule has 1 amide bonds. The molecule has 1 aliphatic rings. The minimum Gasteiger partial charge on any atom is -0.508 e. The minimum absolute atomic E-state index is 0.198. The fourth-order valence-corrected chi connectivity index (χ4v) is 4.12. The molecule has 0 spiro atoms. The molecule has 0 radical (unpaired) electrons. The van der Waals surface area contributed by atoms with E-state index in [4.69, 9.17) is 0 Å². The van der Waals surface area contributed by atoms with Crippen LogP contribution in [-0.2, 0) is 6.54 Å². The predicted molar refractivity (Wildman–Crippen MR) is 131 cm³/mol. The Hall–Kier alpha value is -4.15. The van der Waals surface area contributed by atoms with Crippen molar-refractivity contribution in [2.24, 2.45) is 0 Å². The number of nitrogens with one attached hydrogen (secondary N) is 1. The molecule has 2 N–H and O–H groups in total. The molecule has 2 aromatic carbocycles. The van der Waals surface area contributed by atoms with E-state index in [9.17, 15) is 9.90 Å². The molecule has 7 nitrogen and oxygen atoms in total. The Labute approximate surface area is 198 Å². The Morgan fingerprint density at radius 2 is 1.97 bits per heavy atom. The number of aryl methyl sites for hydroxylation is 1. The molecule has 1 fully saturated rings. The Morgan fingerprint density at radius 1 is 1.12 bits per heavy atom. The number of phenolic OH excluding ortho intramolecular Hbond substituents is 1. The Morgan fingerprint density at radius 3 is 2.79 bits per heavy atom. The molecule has 0 saturated carbocycles. The summed E-state index contributed by atoms with van der Waals surface area (Å²) in [5.41, 5.74) is 5.14. The van der Waals surface area contributed by atoms with Gasteiger partial charge in [0.25, 0.3) is 5.91 Å². The van der Waals surface area contributed by atoms with Gasteiger partial charge in [-0.15, -0.1) is 0 Å². The number of nitrogens with zero attached hydrogens (tertiary/aromatic N) is 4. The monoisotopic (exact) mass is 451 g/mol. The summed E-state index contributed by atoms with van der Waals surface area (Å²) < 4.78 is 1.87. The van der Waals surface area contributed by atoms with Crippen molar-refractivity contribution in [3.05, 3.63) is 89.1 Å². The van der Waals surface area contributed by atoms with Crippen LogP contribution in [0.5, 0.6) is 5.75 Å². The van der Waals surface area contributed by atoms with Gasteiger partial charge in [0.2, 0.25) is 0 Å². The number of aromatic hydroxyl groups is 1. The van der Waals surface area contributed by atoms with Crippen LogP contribution < -0.4 is 5.32 Å². The molecule has 34 heavy (non-hydrogen) atoms. The van der Waals surface area contributed by atoms with Gasteiger partial charge in [-0.05, 0) is 62.5 Å². The molecule has 0 unspecified atom stereocenters. The van der Waals surface area contributed by atoms with Gasteiger partial charge in [0.05, 0.1) is 12.4 Å². The zero-order valence-corrected chi connectivity index (χ0v) is 19.0. The van der Waals surface area contributed by atoms with E-state index in [1.807, 2.05) is 35.7 Å². The van der Waals surface area contributed by atoms with E-state index in [1.54, 1.807) is 36.8 Å². The van der Waals surface area contributed by atoms with E-state index in [2.05, 4.69) is 32.0 Å². The van der Waals surface area contributed by atoms with Crippen molar-refractivity contribution < 1.29 is 9.90 Å². The predicted octanol–water partition coefficient (Wildman–Crippen LogP) is 3.99. The Kier molecular flexibility index (Phi) is 5.98. The van der Waals surface area contributed by atoms with Gasteiger partial charge in [-0.3, -0.25) is 19.1 Å². The van der Waals surface area contributed by atoms with Crippen LogP contribution in [0.15, 0.2) is 61.2 Å². The van der Waals surface area contributed by atoms with E-state index in [1.165, 1.54) is 12.8 Å². The number of carbonyl (C=O) groups excluding carboxylic acids is 1. The fraction of sp³-hybridized carbons (Fsp3) is 0.222. The van der Waals surface area contributed by atoms with Gasteiger partial charge in [0.1, 0.15) is 11.4 Å². The van der Waals surface area contributed by atoms with Gasteiger partial charge < -0.3 is 10.4 Å². The zero-order chi connectivity index (χ0) is 23.5. The summed E-state index contributed by atoms with van der Waals surface area (Å²) in [7, 11) is 0. The highest BCUT2D eigenvalue weighted by molar-refractivity contribution is 6.04. The van der Waals surface area contributed by atoms with Crippen LogP contribution in [0.4, 0.5) is 5.69 Å². The topological polar surface area (TPSA) is 82.8 Å². The maximum Gasteiger partial charge on any atom is 0.255 e. The second-order valence-electron chi connectivity index (χ2n) is 8.51. The first-order chi connectivity index (χ1) is 16.6. The summed E-state index contributed by atoms with van der Waals surface area (Å²) in [5.74, 6) is 6.24. The van der Waals surface area contributed by atoms with Crippen LogP contribution in [0, 0.1) is 18.8 Å². The number of carbonyl (C=O) groups is 1. The van der Waals surface area contributed by atoms with Gasteiger partial charge in [-0.2, -0.15) is 0 Å². The number of imidazole rings is 1. The third-order valence-corrected chi connectivity index (χ3v) is 6.08. The summed E-state index contributed by atoms with van der Waals surface area (Å²) in [6.45, 7) is 4.81. The molecule has 1 aliphatic heterocycles. The highest BCUT2D eigenvalue weighted by atomic mass is 16.3. The van der Waals surface area contributed by atoms with Crippen molar-refractivity contribution in [1.82, 2.24) is 19.3 Å². The second kappa shape index (κ2) is 9.38. The summed E-state index contributed by atoms with van der Waals surface area (Å²) in [6, 6.07) is 10.8. The molecule has 3 heterocycles. The van der Waals surface area contributed by atoms with Gasteiger partial charge >= 0.3 is 0 Å². The third-order valence-electron chi connectivity index (χ3n) is 6.08. The largest absolute Gasteiger partial charge is 0.508 e. The maximum atomic E-state index is 12.9. The number of aromatic nitrogens is 3. The second-order valence-corrected chi connectivity index (χ2v) is 8.51. The van der Waals surface area contributed by atoms with Crippen LogP contribution in [0.1, 0.15) is 45.6 Å². The van der Waals surface area contributed by atoms with Crippen molar-refractivity contribution >= 4 is 17.2 Å². The van der Waals surface area contributed by atoms with Crippen molar-refractivity contribution in [3.63, 3.8) is 0 Å². The number of amides is 1. The highest BCUT2D eigenvalue weighted by Crippen LogP contribution is 2.25. The van der Waals surface area contributed by atoms with Gasteiger partial charge in [-0.1, -0.05) is 18.1 Å². The molecule has 4 aromatic rings. The zero-order valence-electron chi connectivity index (χ0n) is 19.0. The first kappa shape index (κ1) is 21.7. The third kappa shape index (κ3) is 4.63. The van der Waals surface area contributed by atoms with Crippen molar-refractivity contribution in [2.45, 2.75) is 26.3 Å². The molecule has 7 heteroatoms. The van der Waals surface area contributed by atoms with E-state index < -0.39 is 0 Å². The molecule has 1 saturated heterocycles.